The molecule has 132 valence electrons. The Morgan fingerprint density at radius 1 is 1.04 bits per heavy atom. The molecule has 25 heavy (non-hydrogen) atoms. The van der Waals surface area contributed by atoms with Crippen molar-refractivity contribution in [1.29, 1.82) is 0 Å². The van der Waals surface area contributed by atoms with E-state index in [9.17, 15) is 9.59 Å². The third-order valence-electron chi connectivity index (χ3n) is 3.87. The number of nitrogens with one attached hydrogen (secondary N) is 2. The number of aromatic nitrogens is 1. The van der Waals surface area contributed by atoms with Crippen molar-refractivity contribution in [2.45, 2.75) is 32.4 Å². The number of nitrogens with zero attached hydrogens (tertiary/aromatic N) is 1. The number of ether oxygens (including phenoxy) is 1. The van der Waals surface area contributed by atoms with Crippen LogP contribution < -0.4 is 15.4 Å². The average molecular weight is 341 g/mol. The zero-order chi connectivity index (χ0) is 18.2. The van der Waals surface area contributed by atoms with Gasteiger partial charge in [0.2, 0.25) is 11.8 Å². The van der Waals surface area contributed by atoms with Crippen LogP contribution in [-0.4, -0.2) is 23.9 Å². The fourth-order valence-corrected chi connectivity index (χ4v) is 2.56. The molecule has 0 saturated carbocycles. The number of pyridine rings is 1. The zero-order valence-electron chi connectivity index (χ0n) is 14.7. The van der Waals surface area contributed by atoms with Crippen LogP contribution in [0.25, 0.3) is 0 Å². The normalized spacial score (nSPS) is 12.8. The summed E-state index contributed by atoms with van der Waals surface area (Å²) in [6, 6.07) is 10.5. The van der Waals surface area contributed by atoms with Gasteiger partial charge in [0, 0.05) is 19.3 Å². The second-order valence-corrected chi connectivity index (χ2v) is 5.80. The number of methoxy groups -OCH3 is 1. The molecule has 1 aromatic heterocycles. The molecule has 0 aliphatic rings. The van der Waals surface area contributed by atoms with Crippen LogP contribution in [0.2, 0.25) is 0 Å². The van der Waals surface area contributed by atoms with Crippen LogP contribution >= 0.6 is 0 Å². The van der Waals surface area contributed by atoms with Gasteiger partial charge in [0.05, 0.1) is 25.6 Å². The summed E-state index contributed by atoms with van der Waals surface area (Å²) in [5, 5.41) is 5.78. The first-order valence-corrected chi connectivity index (χ1v) is 8.10. The molecular weight excluding hydrogens is 318 g/mol. The van der Waals surface area contributed by atoms with Gasteiger partial charge in [0.15, 0.2) is 0 Å². The molecule has 2 aromatic rings. The second-order valence-electron chi connectivity index (χ2n) is 5.80. The molecule has 2 amide bonds. The summed E-state index contributed by atoms with van der Waals surface area (Å²) in [6.45, 7) is 3.35. The number of benzene rings is 1. The predicted molar refractivity (Wildman–Crippen MR) is 95.0 cm³/mol. The highest BCUT2D eigenvalue weighted by atomic mass is 16.5. The lowest BCUT2D eigenvalue weighted by Crippen LogP contribution is -2.33. The summed E-state index contributed by atoms with van der Waals surface area (Å²) in [7, 11) is 1.59. The second kappa shape index (κ2) is 8.82. The Morgan fingerprint density at radius 2 is 1.68 bits per heavy atom. The van der Waals surface area contributed by atoms with Crippen LogP contribution in [-0.2, 0) is 9.59 Å². The smallest absolute Gasteiger partial charge is 0.222 e. The highest BCUT2D eigenvalue weighted by Crippen LogP contribution is 2.21. The molecule has 1 aromatic carbocycles. The summed E-state index contributed by atoms with van der Waals surface area (Å²) < 4.78 is 5.14. The van der Waals surface area contributed by atoms with Gasteiger partial charge in [-0.1, -0.05) is 12.1 Å². The minimum absolute atomic E-state index is 0.135. The molecule has 0 bridgehead atoms. The molecule has 2 N–H and O–H groups in total. The Bertz CT molecular complexity index is 702. The van der Waals surface area contributed by atoms with Gasteiger partial charge in [0.1, 0.15) is 5.75 Å². The fourth-order valence-electron chi connectivity index (χ4n) is 2.56. The Hall–Kier alpha value is -2.89. The van der Waals surface area contributed by atoms with Crippen LogP contribution in [0.4, 0.5) is 0 Å². The molecule has 1 heterocycles. The summed E-state index contributed by atoms with van der Waals surface area (Å²) in [6.07, 6.45) is 3.53. The van der Waals surface area contributed by atoms with Crippen molar-refractivity contribution in [3.8, 4) is 5.75 Å². The summed E-state index contributed by atoms with van der Waals surface area (Å²) in [5.41, 5.74) is 1.83. The molecular formula is C19H23N3O3. The van der Waals surface area contributed by atoms with Crippen molar-refractivity contribution in [3.05, 3.63) is 59.9 Å². The van der Waals surface area contributed by atoms with Gasteiger partial charge in [0.25, 0.3) is 0 Å². The summed E-state index contributed by atoms with van der Waals surface area (Å²) in [5.74, 6) is 0.399. The number of hydrogen-bond donors (Lipinski definition) is 2. The average Bonchev–Trinajstić information content (AvgIpc) is 2.61. The lowest BCUT2D eigenvalue weighted by atomic mass is 10.0. The third kappa shape index (κ3) is 5.60. The van der Waals surface area contributed by atoms with Crippen molar-refractivity contribution in [3.63, 3.8) is 0 Å². The minimum atomic E-state index is -0.395. The van der Waals surface area contributed by atoms with Gasteiger partial charge >= 0.3 is 0 Å². The Balaban J connectivity index is 2.05. The molecule has 0 aliphatic carbocycles. The van der Waals surface area contributed by atoms with Gasteiger partial charge < -0.3 is 15.4 Å². The lowest BCUT2D eigenvalue weighted by molar-refractivity contribution is -0.123. The summed E-state index contributed by atoms with van der Waals surface area (Å²) in [4.78, 5) is 27.9. The van der Waals surface area contributed by atoms with Crippen LogP contribution in [0.3, 0.4) is 0 Å². The first kappa shape index (κ1) is 18.4. The van der Waals surface area contributed by atoms with E-state index in [1.165, 1.54) is 6.92 Å². The molecule has 2 atom stereocenters. The van der Waals surface area contributed by atoms with E-state index >= 15 is 0 Å². The van der Waals surface area contributed by atoms with E-state index in [0.717, 1.165) is 16.9 Å². The van der Waals surface area contributed by atoms with E-state index in [4.69, 9.17) is 4.74 Å². The fraction of sp³-hybridized carbons (Fsp3) is 0.316. The number of carbonyl (C=O) groups excluding carboxylic acids is 2. The van der Waals surface area contributed by atoms with E-state index in [2.05, 4.69) is 15.6 Å². The van der Waals surface area contributed by atoms with E-state index in [-0.39, 0.29) is 24.3 Å². The molecule has 0 radical (unpaired) electrons. The number of rotatable bonds is 7. The number of hydrogen-bond acceptors (Lipinski definition) is 4. The van der Waals surface area contributed by atoms with Gasteiger partial charge in [-0.25, -0.2) is 0 Å². The van der Waals surface area contributed by atoms with Gasteiger partial charge in [-0.05, 0) is 42.3 Å². The Labute approximate surface area is 147 Å². The molecule has 0 aliphatic heterocycles. The maximum absolute atomic E-state index is 12.4. The van der Waals surface area contributed by atoms with Crippen molar-refractivity contribution in [2.24, 2.45) is 0 Å². The quantitative estimate of drug-likeness (QED) is 0.811. The van der Waals surface area contributed by atoms with Crippen molar-refractivity contribution < 1.29 is 14.3 Å². The lowest BCUT2D eigenvalue weighted by Gasteiger charge is -2.20. The minimum Gasteiger partial charge on any atom is -0.497 e. The zero-order valence-corrected chi connectivity index (χ0v) is 14.7. The van der Waals surface area contributed by atoms with E-state index in [1.807, 2.05) is 43.3 Å². The Kier molecular flexibility index (Phi) is 6.51. The van der Waals surface area contributed by atoms with E-state index < -0.39 is 6.04 Å². The predicted octanol–water partition coefficient (Wildman–Crippen LogP) is 2.53. The topological polar surface area (TPSA) is 80.3 Å². The first-order chi connectivity index (χ1) is 12.0. The molecule has 2 unspecified atom stereocenters. The SMILES string of the molecule is COc1ccc(C(CC(=O)NC(C)c2ccncc2)NC(C)=O)cc1. The Morgan fingerprint density at radius 3 is 2.24 bits per heavy atom. The number of amides is 2. The maximum Gasteiger partial charge on any atom is 0.222 e. The number of carbonyl (C=O) groups is 2. The van der Waals surface area contributed by atoms with E-state index in [1.54, 1.807) is 19.5 Å². The standard InChI is InChI=1S/C19H23N3O3/c1-13(15-8-10-20-11-9-15)21-19(24)12-18(22-14(2)23)16-4-6-17(25-3)7-5-16/h4-11,13,18H,12H2,1-3H3,(H,21,24)(H,22,23). The van der Waals surface area contributed by atoms with Gasteiger partial charge in [-0.15, -0.1) is 0 Å². The van der Waals surface area contributed by atoms with Crippen LogP contribution in [0.1, 0.15) is 43.5 Å². The molecule has 0 spiro atoms. The van der Waals surface area contributed by atoms with E-state index in [0.29, 0.717) is 0 Å². The molecule has 0 fully saturated rings. The highest BCUT2D eigenvalue weighted by molar-refractivity contribution is 5.79. The molecule has 6 nitrogen and oxygen atoms in total. The highest BCUT2D eigenvalue weighted by Gasteiger charge is 2.19. The monoisotopic (exact) mass is 341 g/mol. The van der Waals surface area contributed by atoms with Crippen LogP contribution in [0, 0.1) is 0 Å². The molecule has 0 saturated heterocycles. The summed E-state index contributed by atoms with van der Waals surface area (Å²) >= 11 is 0. The van der Waals surface area contributed by atoms with Crippen LogP contribution in [0.15, 0.2) is 48.8 Å². The van der Waals surface area contributed by atoms with Crippen molar-refractivity contribution >= 4 is 11.8 Å². The van der Waals surface area contributed by atoms with Gasteiger partial charge in [-0.3, -0.25) is 14.6 Å². The van der Waals surface area contributed by atoms with Crippen molar-refractivity contribution in [1.82, 2.24) is 15.6 Å². The van der Waals surface area contributed by atoms with Gasteiger partial charge in [-0.2, -0.15) is 0 Å². The largest absolute Gasteiger partial charge is 0.497 e. The maximum atomic E-state index is 12.4. The first-order valence-electron chi connectivity index (χ1n) is 8.10. The van der Waals surface area contributed by atoms with Crippen LogP contribution in [0.5, 0.6) is 5.75 Å². The molecule has 6 heteroatoms. The third-order valence-corrected chi connectivity index (χ3v) is 3.87. The van der Waals surface area contributed by atoms with Crippen molar-refractivity contribution in [2.75, 3.05) is 7.11 Å². The molecule has 2 rings (SSSR count).